The lowest BCUT2D eigenvalue weighted by atomic mass is 9.99. The van der Waals surface area contributed by atoms with Crippen molar-refractivity contribution < 1.29 is 24.1 Å². The highest BCUT2D eigenvalue weighted by molar-refractivity contribution is 5.20. The monoisotopic (exact) mass is 356 g/mol. The van der Waals surface area contributed by atoms with Gasteiger partial charge in [-0.3, -0.25) is 0 Å². The SMILES string of the molecule is CC1(C)O[C@H]2O[C@H]([C@@H](O)c3ccccc3)[C@H](OCc3ccccc3)[C@H]2O1. The van der Waals surface area contributed by atoms with Crippen molar-refractivity contribution in [3.63, 3.8) is 0 Å². The molecule has 0 spiro atoms. The van der Waals surface area contributed by atoms with Crippen LogP contribution >= 0.6 is 0 Å². The van der Waals surface area contributed by atoms with Gasteiger partial charge in [0.05, 0.1) is 6.61 Å². The van der Waals surface area contributed by atoms with Gasteiger partial charge in [0.15, 0.2) is 12.1 Å². The minimum atomic E-state index is -0.821. The van der Waals surface area contributed by atoms with Crippen LogP contribution in [0, 0.1) is 0 Å². The highest BCUT2D eigenvalue weighted by Crippen LogP contribution is 2.42. The van der Waals surface area contributed by atoms with Crippen LogP contribution in [0.3, 0.4) is 0 Å². The van der Waals surface area contributed by atoms with E-state index in [-0.39, 0.29) is 6.10 Å². The molecule has 138 valence electrons. The van der Waals surface area contributed by atoms with Crippen LogP contribution in [0.5, 0.6) is 0 Å². The van der Waals surface area contributed by atoms with Gasteiger partial charge in [-0.25, -0.2) is 0 Å². The van der Waals surface area contributed by atoms with E-state index < -0.39 is 30.4 Å². The molecule has 0 radical (unpaired) electrons. The zero-order chi connectivity index (χ0) is 18.1. The summed E-state index contributed by atoms with van der Waals surface area (Å²) in [5.41, 5.74) is 1.84. The summed E-state index contributed by atoms with van der Waals surface area (Å²) >= 11 is 0. The van der Waals surface area contributed by atoms with Crippen molar-refractivity contribution >= 4 is 0 Å². The van der Waals surface area contributed by atoms with E-state index in [2.05, 4.69) is 0 Å². The summed E-state index contributed by atoms with van der Waals surface area (Å²) in [5.74, 6) is -0.730. The molecule has 5 nitrogen and oxygen atoms in total. The van der Waals surface area contributed by atoms with Gasteiger partial charge in [0.25, 0.3) is 0 Å². The lowest BCUT2D eigenvalue weighted by Gasteiger charge is -2.28. The van der Waals surface area contributed by atoms with Gasteiger partial charge in [0.1, 0.15) is 24.4 Å². The summed E-state index contributed by atoms with van der Waals surface area (Å²) in [6, 6.07) is 19.4. The molecule has 0 saturated carbocycles. The average molecular weight is 356 g/mol. The van der Waals surface area contributed by atoms with Crippen molar-refractivity contribution in [1.29, 1.82) is 0 Å². The first kappa shape index (κ1) is 17.6. The molecular weight excluding hydrogens is 332 g/mol. The fourth-order valence-corrected chi connectivity index (χ4v) is 3.55. The molecule has 2 aliphatic rings. The molecule has 0 amide bonds. The Bertz CT molecular complexity index is 718. The second-order valence-corrected chi connectivity index (χ2v) is 7.19. The molecule has 2 fully saturated rings. The fourth-order valence-electron chi connectivity index (χ4n) is 3.55. The Kier molecular flexibility index (Phi) is 4.82. The Morgan fingerprint density at radius 1 is 1.00 bits per heavy atom. The molecular formula is C21H24O5. The minimum Gasteiger partial charge on any atom is -0.386 e. The van der Waals surface area contributed by atoms with Gasteiger partial charge >= 0.3 is 0 Å². The maximum absolute atomic E-state index is 10.9. The zero-order valence-electron chi connectivity index (χ0n) is 14.9. The summed E-state index contributed by atoms with van der Waals surface area (Å²) in [4.78, 5) is 0. The van der Waals surface area contributed by atoms with Crippen molar-refractivity contribution in [1.82, 2.24) is 0 Å². The minimum absolute atomic E-state index is 0.378. The lowest BCUT2D eigenvalue weighted by Crippen LogP contribution is -2.39. The van der Waals surface area contributed by atoms with E-state index in [4.69, 9.17) is 18.9 Å². The quantitative estimate of drug-likeness (QED) is 0.892. The first-order chi connectivity index (χ1) is 12.5. The maximum Gasteiger partial charge on any atom is 0.190 e. The summed E-state index contributed by atoms with van der Waals surface area (Å²) in [6.45, 7) is 4.12. The van der Waals surface area contributed by atoms with Crippen molar-refractivity contribution in [3.05, 3.63) is 71.8 Å². The van der Waals surface area contributed by atoms with Crippen molar-refractivity contribution in [3.8, 4) is 0 Å². The van der Waals surface area contributed by atoms with Crippen LogP contribution in [-0.4, -0.2) is 35.5 Å². The fraction of sp³-hybridized carbons (Fsp3) is 0.429. The van der Waals surface area contributed by atoms with Crippen LogP contribution < -0.4 is 0 Å². The molecule has 2 saturated heterocycles. The van der Waals surface area contributed by atoms with Crippen molar-refractivity contribution in [2.45, 2.75) is 56.9 Å². The third-order valence-electron chi connectivity index (χ3n) is 4.76. The third-order valence-corrected chi connectivity index (χ3v) is 4.76. The largest absolute Gasteiger partial charge is 0.386 e. The van der Waals surface area contributed by atoms with Crippen LogP contribution in [0.15, 0.2) is 60.7 Å². The molecule has 2 aliphatic heterocycles. The molecule has 2 aromatic carbocycles. The molecule has 4 rings (SSSR count). The van der Waals surface area contributed by atoms with Crippen LogP contribution in [0.4, 0.5) is 0 Å². The number of aliphatic hydroxyl groups is 1. The number of hydrogen-bond acceptors (Lipinski definition) is 5. The topological polar surface area (TPSA) is 57.2 Å². The second kappa shape index (κ2) is 7.10. The first-order valence-corrected chi connectivity index (χ1v) is 8.93. The lowest BCUT2D eigenvalue weighted by molar-refractivity contribution is -0.231. The molecule has 2 heterocycles. The molecule has 2 aromatic rings. The van der Waals surface area contributed by atoms with E-state index in [1.807, 2.05) is 74.5 Å². The van der Waals surface area contributed by atoms with E-state index in [1.165, 1.54) is 0 Å². The molecule has 1 N–H and O–H groups in total. The second-order valence-electron chi connectivity index (χ2n) is 7.19. The number of hydrogen-bond donors (Lipinski definition) is 1. The summed E-state index contributed by atoms with van der Waals surface area (Å²) in [5, 5.41) is 10.9. The smallest absolute Gasteiger partial charge is 0.190 e. The Morgan fingerprint density at radius 3 is 2.35 bits per heavy atom. The van der Waals surface area contributed by atoms with Crippen molar-refractivity contribution in [2.24, 2.45) is 0 Å². The van der Waals surface area contributed by atoms with Gasteiger partial charge in [-0.05, 0) is 25.0 Å². The summed E-state index contributed by atoms with van der Waals surface area (Å²) in [7, 11) is 0. The number of benzene rings is 2. The van der Waals surface area contributed by atoms with Crippen LogP contribution in [0.25, 0.3) is 0 Å². The van der Waals surface area contributed by atoms with Crippen LogP contribution in [0.2, 0.25) is 0 Å². The highest BCUT2D eigenvalue weighted by atomic mass is 16.8. The van der Waals surface area contributed by atoms with Crippen molar-refractivity contribution in [2.75, 3.05) is 0 Å². The van der Waals surface area contributed by atoms with Crippen LogP contribution in [0.1, 0.15) is 31.1 Å². The molecule has 0 bridgehead atoms. The Labute approximate surface area is 153 Å². The molecule has 26 heavy (non-hydrogen) atoms. The van der Waals surface area contributed by atoms with Gasteiger partial charge in [0, 0.05) is 0 Å². The van der Waals surface area contributed by atoms with E-state index in [9.17, 15) is 5.11 Å². The predicted octanol–water partition coefficient (Wildman–Crippen LogP) is 3.18. The molecule has 0 unspecified atom stereocenters. The predicted molar refractivity (Wildman–Crippen MR) is 95.1 cm³/mol. The van der Waals surface area contributed by atoms with Gasteiger partial charge < -0.3 is 24.1 Å². The first-order valence-electron chi connectivity index (χ1n) is 8.93. The standard InChI is InChI=1S/C21H24O5/c1-21(2)25-19-18(23-13-14-9-5-3-6-10-14)17(24-20(19)26-21)16(22)15-11-7-4-8-12-15/h3-12,16-20,22H,13H2,1-2H3/t16-,17+,18-,19+,20+/m0/s1. The van der Waals surface area contributed by atoms with E-state index >= 15 is 0 Å². The maximum atomic E-state index is 10.9. The van der Waals surface area contributed by atoms with E-state index in [1.54, 1.807) is 0 Å². The molecule has 0 aromatic heterocycles. The van der Waals surface area contributed by atoms with Gasteiger partial charge in [-0.15, -0.1) is 0 Å². The normalized spacial score (nSPS) is 30.9. The number of aliphatic hydroxyl groups excluding tert-OH is 1. The van der Waals surface area contributed by atoms with Gasteiger partial charge in [-0.2, -0.15) is 0 Å². The number of ether oxygens (including phenoxy) is 4. The van der Waals surface area contributed by atoms with E-state index in [0.717, 1.165) is 11.1 Å². The Morgan fingerprint density at radius 2 is 1.65 bits per heavy atom. The Balaban J connectivity index is 1.54. The Hall–Kier alpha value is -1.76. The summed E-state index contributed by atoms with van der Waals surface area (Å²) < 4.78 is 24.0. The highest BCUT2D eigenvalue weighted by Gasteiger charge is 2.57. The third kappa shape index (κ3) is 3.54. The van der Waals surface area contributed by atoms with Gasteiger partial charge in [-0.1, -0.05) is 60.7 Å². The average Bonchev–Trinajstić information content (AvgIpc) is 3.12. The van der Waals surface area contributed by atoms with Crippen LogP contribution in [-0.2, 0) is 25.6 Å². The molecule has 5 atom stereocenters. The number of fused-ring (bicyclic) bond motifs is 1. The van der Waals surface area contributed by atoms with Gasteiger partial charge in [0.2, 0.25) is 0 Å². The summed E-state index contributed by atoms with van der Waals surface area (Å²) in [6.07, 6.45) is -2.74. The molecule has 5 heteroatoms. The zero-order valence-corrected chi connectivity index (χ0v) is 14.9. The van der Waals surface area contributed by atoms with E-state index in [0.29, 0.717) is 6.61 Å². The molecule has 0 aliphatic carbocycles. The number of rotatable bonds is 5.